The number of phosphoric acid groups is 1. The SMILES string of the molecule is C.C.COP(=O)([O-])CP(=O)([O-])CP(=O)([O-])OC(C)C.COP(=O)([O-])OC(C)C. The molecule has 0 fully saturated rings. The largest absolute Gasteiger partial charge is 0.799 e. The van der Waals surface area contributed by atoms with Crippen LogP contribution in [0.5, 0.6) is 0 Å². The summed E-state index contributed by atoms with van der Waals surface area (Å²) in [7, 11) is -15.9. The van der Waals surface area contributed by atoms with E-state index in [0.29, 0.717) is 0 Å². The molecule has 28 heavy (non-hydrogen) atoms. The molecule has 0 aromatic carbocycles. The number of hydrogen-bond donors (Lipinski definition) is 0. The quantitative estimate of drug-likeness (QED) is 0.399. The Morgan fingerprint density at radius 2 is 1.04 bits per heavy atom. The monoisotopic (exact) mass is 492 g/mol. The minimum Gasteiger partial charge on any atom is -0.799 e. The summed E-state index contributed by atoms with van der Waals surface area (Å²) in [5, 5.41) is 0. The van der Waals surface area contributed by atoms with E-state index in [1.165, 1.54) is 13.8 Å². The van der Waals surface area contributed by atoms with E-state index in [2.05, 4.69) is 18.1 Å². The van der Waals surface area contributed by atoms with Crippen molar-refractivity contribution < 1.29 is 55.9 Å². The summed E-state index contributed by atoms with van der Waals surface area (Å²) in [6.45, 7) is 6.05. The molecule has 0 rings (SSSR count). The average Bonchev–Trinajstić information content (AvgIpc) is 2.33. The van der Waals surface area contributed by atoms with Gasteiger partial charge in [-0.05, 0) is 27.7 Å². The van der Waals surface area contributed by atoms with Crippen molar-refractivity contribution in [2.45, 2.75) is 54.8 Å². The Labute approximate surface area is 167 Å². The van der Waals surface area contributed by atoms with Crippen molar-refractivity contribution in [3.63, 3.8) is 0 Å². The van der Waals surface area contributed by atoms with Crippen molar-refractivity contribution in [3.05, 3.63) is 0 Å². The fraction of sp³-hybridized carbons (Fsp3) is 1.00. The highest BCUT2D eigenvalue weighted by Crippen LogP contribution is 2.59. The van der Waals surface area contributed by atoms with Crippen LogP contribution in [0.4, 0.5) is 0 Å². The lowest BCUT2D eigenvalue weighted by molar-refractivity contribution is -0.226. The van der Waals surface area contributed by atoms with E-state index in [4.69, 9.17) is 0 Å². The van der Waals surface area contributed by atoms with Crippen LogP contribution >= 0.6 is 30.4 Å². The van der Waals surface area contributed by atoms with Gasteiger partial charge in [-0.3, -0.25) is 4.57 Å². The van der Waals surface area contributed by atoms with Crippen LogP contribution in [0, 0.1) is 0 Å². The van der Waals surface area contributed by atoms with E-state index in [0.717, 1.165) is 14.2 Å². The molecule has 0 saturated carbocycles. The Hall–Kier alpha value is 0.600. The van der Waals surface area contributed by atoms with Crippen LogP contribution < -0.4 is 19.6 Å². The van der Waals surface area contributed by atoms with Crippen molar-refractivity contribution in [2.75, 3.05) is 26.0 Å². The lowest BCUT2D eigenvalue weighted by Crippen LogP contribution is -2.20. The van der Waals surface area contributed by atoms with Gasteiger partial charge in [0.25, 0.3) is 7.82 Å². The molecule has 0 amide bonds. The van der Waals surface area contributed by atoms with Crippen molar-refractivity contribution in [1.29, 1.82) is 0 Å². The van der Waals surface area contributed by atoms with Gasteiger partial charge in [-0.15, -0.1) is 0 Å². The molecular weight excluding hydrogens is 460 g/mol. The van der Waals surface area contributed by atoms with Gasteiger partial charge in [0.1, 0.15) is 15.2 Å². The third-order valence-corrected chi connectivity index (χ3v) is 10.6. The summed E-state index contributed by atoms with van der Waals surface area (Å²) >= 11 is 0. The highest BCUT2D eigenvalue weighted by Gasteiger charge is 2.23. The van der Waals surface area contributed by atoms with Crippen LogP contribution in [0.15, 0.2) is 0 Å². The van der Waals surface area contributed by atoms with Crippen molar-refractivity contribution in [2.24, 2.45) is 0 Å². The lowest BCUT2D eigenvalue weighted by Gasteiger charge is -2.35. The summed E-state index contributed by atoms with van der Waals surface area (Å²) in [5.74, 6) is -2.68. The second-order valence-corrected chi connectivity index (χ2v) is 13.8. The maximum atomic E-state index is 11.3. The molecule has 12 nitrogen and oxygen atoms in total. The zero-order chi connectivity index (χ0) is 21.4. The van der Waals surface area contributed by atoms with Crippen molar-refractivity contribution >= 4 is 30.4 Å². The van der Waals surface area contributed by atoms with Crippen LogP contribution in [0.3, 0.4) is 0 Å². The normalized spacial score (nSPS) is 19.6. The van der Waals surface area contributed by atoms with E-state index >= 15 is 0 Å². The summed E-state index contributed by atoms with van der Waals surface area (Å²) in [4.78, 5) is 43.9. The third kappa shape index (κ3) is 21.3. The molecule has 0 radical (unpaired) electrons. The van der Waals surface area contributed by atoms with E-state index in [9.17, 15) is 37.8 Å². The standard InChI is InChI=1S/C6H17O8P3.C4H11O4P.2CH4/c1-6(2)14-17(11,12)5-15(7,8)4-16(9,10)13-3;1-4(2)8-9(5,6)7-3;;/h6H,4-5H2,1-3H3,(H,7,8)(H,9,10)(H,11,12);4H,1-3H3,(H,5,6);2*1H4/p-4. The lowest BCUT2D eigenvalue weighted by atomic mass is 10.5. The molecule has 0 saturated heterocycles. The van der Waals surface area contributed by atoms with E-state index in [1.54, 1.807) is 13.8 Å². The van der Waals surface area contributed by atoms with Gasteiger partial charge in [0.05, 0.1) is 24.0 Å². The van der Waals surface area contributed by atoms with E-state index in [1.807, 2.05) is 0 Å². The first-order valence-corrected chi connectivity index (χ1v) is 14.0. The molecule has 0 N–H and O–H groups in total. The molecule has 176 valence electrons. The van der Waals surface area contributed by atoms with Crippen molar-refractivity contribution in [1.82, 2.24) is 0 Å². The fourth-order valence-electron chi connectivity index (χ4n) is 1.29. The van der Waals surface area contributed by atoms with E-state index in [-0.39, 0.29) is 21.0 Å². The Morgan fingerprint density at radius 3 is 1.29 bits per heavy atom. The molecule has 0 aromatic heterocycles. The Morgan fingerprint density at radius 1 is 0.679 bits per heavy atom. The van der Waals surface area contributed by atoms with Gasteiger partial charge in [-0.2, -0.15) is 0 Å². The van der Waals surface area contributed by atoms with Crippen LogP contribution in [0.1, 0.15) is 42.5 Å². The van der Waals surface area contributed by atoms with Crippen LogP contribution in [0.25, 0.3) is 0 Å². The van der Waals surface area contributed by atoms with Gasteiger partial charge < -0.3 is 51.4 Å². The molecule has 4 atom stereocenters. The molecular formula is C12H32O12P4-4. The van der Waals surface area contributed by atoms with Crippen LogP contribution in [0.2, 0.25) is 0 Å². The Bertz CT molecular complexity index is 605. The van der Waals surface area contributed by atoms with Crippen molar-refractivity contribution in [3.8, 4) is 0 Å². The minimum absolute atomic E-state index is 0. The highest BCUT2D eigenvalue weighted by atomic mass is 31.3. The zero-order valence-electron chi connectivity index (χ0n) is 15.3. The fourth-order valence-corrected chi connectivity index (χ4v) is 8.64. The predicted molar refractivity (Wildman–Crippen MR) is 100 cm³/mol. The molecule has 0 bridgehead atoms. The molecule has 0 aliphatic carbocycles. The molecule has 0 aliphatic rings. The summed E-state index contributed by atoms with van der Waals surface area (Å²) in [6.07, 6.45) is -1.06. The first kappa shape index (κ1) is 36.0. The first-order chi connectivity index (χ1) is 11.4. The number of phosphoric ester groups is 1. The maximum absolute atomic E-state index is 11.3. The van der Waals surface area contributed by atoms with Gasteiger partial charge in [-0.1, -0.05) is 14.9 Å². The Kier molecular flexibility index (Phi) is 18.7. The minimum atomic E-state index is -4.66. The molecule has 4 unspecified atom stereocenters. The molecule has 0 spiro atoms. The van der Waals surface area contributed by atoms with Crippen LogP contribution in [-0.4, -0.2) is 38.2 Å². The summed E-state index contributed by atoms with van der Waals surface area (Å²) in [5.41, 5.74) is 0. The van der Waals surface area contributed by atoms with Gasteiger partial charge in [0.2, 0.25) is 0 Å². The van der Waals surface area contributed by atoms with Gasteiger partial charge in [-0.25, -0.2) is 0 Å². The first-order valence-electron chi connectivity index (χ1n) is 7.05. The van der Waals surface area contributed by atoms with Gasteiger partial charge in [0.15, 0.2) is 0 Å². The van der Waals surface area contributed by atoms with E-state index < -0.39 is 48.3 Å². The maximum Gasteiger partial charge on any atom is 0.267 e. The molecule has 0 aromatic rings. The summed E-state index contributed by atoms with van der Waals surface area (Å²) < 4.78 is 60.6. The number of hydrogen-bond acceptors (Lipinski definition) is 12. The topological polar surface area (TPSA) is 197 Å². The highest BCUT2D eigenvalue weighted by molar-refractivity contribution is 7.78. The smallest absolute Gasteiger partial charge is 0.267 e. The third-order valence-electron chi connectivity index (χ3n) is 1.99. The second-order valence-electron chi connectivity index (χ2n) is 5.44. The summed E-state index contributed by atoms with van der Waals surface area (Å²) in [6, 6.07) is 0. The molecule has 16 heteroatoms. The zero-order valence-corrected chi connectivity index (χ0v) is 18.8. The molecule has 0 aliphatic heterocycles. The predicted octanol–water partition coefficient (Wildman–Crippen LogP) is 1.52. The van der Waals surface area contributed by atoms with Gasteiger partial charge in [0, 0.05) is 21.6 Å². The van der Waals surface area contributed by atoms with Gasteiger partial charge >= 0.3 is 0 Å². The number of rotatable bonds is 10. The average molecular weight is 492 g/mol. The van der Waals surface area contributed by atoms with Crippen LogP contribution in [-0.2, 0) is 36.4 Å². The molecule has 0 heterocycles. The second kappa shape index (κ2) is 14.6. The Balaban J connectivity index is -0.000000225.